The van der Waals surface area contributed by atoms with Crippen molar-refractivity contribution in [2.45, 2.75) is 19.5 Å². The fraction of sp³-hybridized carbons (Fsp3) is 0.391. The van der Waals surface area contributed by atoms with Gasteiger partial charge in [-0.05, 0) is 23.3 Å². The van der Waals surface area contributed by atoms with E-state index < -0.39 is 0 Å². The zero-order valence-electron chi connectivity index (χ0n) is 16.5. The molecule has 0 saturated carbocycles. The van der Waals surface area contributed by atoms with Crippen LogP contribution in [-0.2, 0) is 22.7 Å². The van der Waals surface area contributed by atoms with Crippen LogP contribution >= 0.6 is 0 Å². The van der Waals surface area contributed by atoms with Gasteiger partial charge >= 0.3 is 0 Å². The maximum Gasteiger partial charge on any atom is 0.228 e. The average Bonchev–Trinajstić information content (AvgIpc) is 3.11. The predicted octanol–water partition coefficient (Wildman–Crippen LogP) is 2.52. The fourth-order valence-electron chi connectivity index (χ4n) is 4.13. The van der Waals surface area contributed by atoms with E-state index in [2.05, 4.69) is 17.0 Å². The molecule has 2 fully saturated rings. The van der Waals surface area contributed by atoms with Crippen LogP contribution in [0.4, 0.5) is 4.39 Å². The molecule has 29 heavy (non-hydrogen) atoms. The molecule has 0 spiro atoms. The second-order valence-corrected chi connectivity index (χ2v) is 7.89. The van der Waals surface area contributed by atoms with Crippen molar-refractivity contribution < 1.29 is 14.0 Å². The van der Waals surface area contributed by atoms with Gasteiger partial charge in [0.2, 0.25) is 11.8 Å². The van der Waals surface area contributed by atoms with Crippen LogP contribution in [0, 0.1) is 11.7 Å². The van der Waals surface area contributed by atoms with Crippen molar-refractivity contribution in [1.29, 1.82) is 0 Å². The Morgan fingerprint density at radius 1 is 0.897 bits per heavy atom. The lowest BCUT2D eigenvalue weighted by atomic mass is 10.1. The number of benzene rings is 2. The maximum absolute atomic E-state index is 13.1. The third kappa shape index (κ3) is 4.82. The van der Waals surface area contributed by atoms with E-state index in [1.807, 2.05) is 23.1 Å². The number of hydrogen-bond donors (Lipinski definition) is 0. The minimum atomic E-state index is -0.291. The lowest BCUT2D eigenvalue weighted by molar-refractivity contribution is -0.137. The van der Waals surface area contributed by atoms with Crippen molar-refractivity contribution in [3.63, 3.8) is 0 Å². The third-order valence-corrected chi connectivity index (χ3v) is 5.78. The Morgan fingerprint density at radius 2 is 1.55 bits per heavy atom. The molecule has 2 aromatic rings. The van der Waals surface area contributed by atoms with Gasteiger partial charge in [-0.25, -0.2) is 4.39 Å². The Morgan fingerprint density at radius 3 is 2.24 bits per heavy atom. The lowest BCUT2D eigenvalue weighted by Gasteiger charge is -2.36. The Bertz CT molecular complexity index is 848. The topological polar surface area (TPSA) is 43.9 Å². The Balaban J connectivity index is 1.28. The van der Waals surface area contributed by atoms with Crippen molar-refractivity contribution in [3.05, 3.63) is 71.5 Å². The van der Waals surface area contributed by atoms with Gasteiger partial charge in [0.15, 0.2) is 0 Å². The van der Waals surface area contributed by atoms with E-state index in [0.29, 0.717) is 26.2 Å². The first-order valence-corrected chi connectivity index (χ1v) is 10.2. The molecule has 5 nitrogen and oxygen atoms in total. The zero-order chi connectivity index (χ0) is 20.2. The van der Waals surface area contributed by atoms with Crippen LogP contribution < -0.4 is 0 Å². The molecule has 1 atom stereocenters. The van der Waals surface area contributed by atoms with Crippen molar-refractivity contribution in [2.24, 2.45) is 5.92 Å². The maximum atomic E-state index is 13.1. The molecule has 2 heterocycles. The van der Waals surface area contributed by atoms with Crippen molar-refractivity contribution in [3.8, 4) is 0 Å². The summed E-state index contributed by atoms with van der Waals surface area (Å²) in [4.78, 5) is 31.3. The molecular weight excluding hydrogens is 369 g/mol. The summed E-state index contributed by atoms with van der Waals surface area (Å²) in [5.41, 5.74) is 2.16. The molecule has 2 aliphatic rings. The fourth-order valence-corrected chi connectivity index (χ4v) is 4.13. The van der Waals surface area contributed by atoms with E-state index in [4.69, 9.17) is 0 Å². The first-order chi connectivity index (χ1) is 14.1. The quantitative estimate of drug-likeness (QED) is 0.782. The SMILES string of the molecule is O=C1CC(C(=O)N2CCN(Cc3ccccc3)CC2)CN1Cc1ccc(F)cc1. The number of carbonyl (C=O) groups excluding carboxylic acids is 2. The minimum absolute atomic E-state index is 0.00427. The number of likely N-dealkylation sites (tertiary alicyclic amines) is 1. The molecule has 0 radical (unpaired) electrons. The number of rotatable bonds is 5. The molecule has 2 amide bonds. The van der Waals surface area contributed by atoms with Crippen molar-refractivity contribution in [2.75, 3.05) is 32.7 Å². The number of hydrogen-bond acceptors (Lipinski definition) is 3. The summed E-state index contributed by atoms with van der Waals surface area (Å²) in [6, 6.07) is 16.5. The first-order valence-electron chi connectivity index (χ1n) is 10.2. The summed E-state index contributed by atoms with van der Waals surface area (Å²) in [6.45, 7) is 4.87. The highest BCUT2D eigenvalue weighted by atomic mass is 19.1. The third-order valence-electron chi connectivity index (χ3n) is 5.78. The Labute approximate surface area is 170 Å². The van der Waals surface area contributed by atoms with Gasteiger partial charge in [-0.15, -0.1) is 0 Å². The second kappa shape index (κ2) is 8.74. The van der Waals surface area contributed by atoms with Crippen LogP contribution in [0.25, 0.3) is 0 Å². The molecule has 2 saturated heterocycles. The van der Waals surface area contributed by atoms with Gasteiger partial charge in [-0.1, -0.05) is 42.5 Å². The van der Waals surface area contributed by atoms with E-state index >= 15 is 0 Å². The number of piperazine rings is 1. The summed E-state index contributed by atoms with van der Waals surface area (Å²) >= 11 is 0. The molecule has 0 bridgehead atoms. The van der Waals surface area contributed by atoms with Gasteiger partial charge in [-0.3, -0.25) is 14.5 Å². The highest BCUT2D eigenvalue weighted by molar-refractivity contribution is 5.89. The van der Waals surface area contributed by atoms with E-state index in [-0.39, 0.29) is 30.0 Å². The number of halogens is 1. The summed E-state index contributed by atoms with van der Waals surface area (Å²) in [7, 11) is 0. The molecule has 2 aliphatic heterocycles. The van der Waals surface area contributed by atoms with E-state index in [1.165, 1.54) is 17.7 Å². The predicted molar refractivity (Wildman–Crippen MR) is 108 cm³/mol. The van der Waals surface area contributed by atoms with E-state index in [1.54, 1.807) is 17.0 Å². The minimum Gasteiger partial charge on any atom is -0.340 e. The van der Waals surface area contributed by atoms with Gasteiger partial charge in [0.25, 0.3) is 0 Å². The van der Waals surface area contributed by atoms with Crippen LogP contribution in [0.2, 0.25) is 0 Å². The normalized spacial score (nSPS) is 20.3. The van der Waals surface area contributed by atoms with Crippen LogP contribution in [0.1, 0.15) is 17.5 Å². The van der Waals surface area contributed by atoms with Gasteiger partial charge in [-0.2, -0.15) is 0 Å². The van der Waals surface area contributed by atoms with Crippen LogP contribution in [0.15, 0.2) is 54.6 Å². The van der Waals surface area contributed by atoms with Gasteiger partial charge in [0.05, 0.1) is 5.92 Å². The van der Waals surface area contributed by atoms with Crippen LogP contribution in [0.5, 0.6) is 0 Å². The molecule has 1 unspecified atom stereocenters. The smallest absolute Gasteiger partial charge is 0.228 e. The van der Waals surface area contributed by atoms with Crippen LogP contribution in [-0.4, -0.2) is 59.2 Å². The Hall–Kier alpha value is -2.73. The van der Waals surface area contributed by atoms with E-state index in [9.17, 15) is 14.0 Å². The van der Waals surface area contributed by atoms with Crippen molar-refractivity contribution in [1.82, 2.24) is 14.7 Å². The molecular formula is C23H26FN3O2. The van der Waals surface area contributed by atoms with Gasteiger partial charge in [0, 0.05) is 52.2 Å². The zero-order valence-corrected chi connectivity index (χ0v) is 16.5. The Kier molecular flexibility index (Phi) is 5.90. The standard InChI is InChI=1S/C23H26FN3O2/c24-21-8-6-19(7-9-21)16-27-17-20(14-22(27)28)23(29)26-12-10-25(11-13-26)15-18-4-2-1-3-5-18/h1-9,20H,10-17H2. The van der Waals surface area contributed by atoms with Crippen molar-refractivity contribution >= 4 is 11.8 Å². The highest BCUT2D eigenvalue weighted by Crippen LogP contribution is 2.23. The molecule has 152 valence electrons. The monoisotopic (exact) mass is 395 g/mol. The largest absolute Gasteiger partial charge is 0.340 e. The molecule has 0 aliphatic carbocycles. The molecule has 2 aromatic carbocycles. The molecule has 6 heteroatoms. The number of carbonyl (C=O) groups is 2. The number of nitrogens with zero attached hydrogens (tertiary/aromatic N) is 3. The summed E-state index contributed by atoms with van der Waals surface area (Å²) < 4.78 is 13.1. The summed E-state index contributed by atoms with van der Waals surface area (Å²) in [6.07, 6.45) is 0.268. The molecule has 0 N–H and O–H groups in total. The molecule has 0 aromatic heterocycles. The number of amides is 2. The summed E-state index contributed by atoms with van der Waals surface area (Å²) in [5, 5.41) is 0. The second-order valence-electron chi connectivity index (χ2n) is 7.89. The lowest BCUT2D eigenvalue weighted by Crippen LogP contribution is -2.50. The van der Waals surface area contributed by atoms with Gasteiger partial charge in [0.1, 0.15) is 5.82 Å². The highest BCUT2D eigenvalue weighted by Gasteiger charge is 2.37. The van der Waals surface area contributed by atoms with Crippen LogP contribution in [0.3, 0.4) is 0 Å². The first kappa shape index (κ1) is 19.6. The molecule has 4 rings (SSSR count). The summed E-state index contributed by atoms with van der Waals surface area (Å²) in [5.74, 6) is -0.487. The average molecular weight is 395 g/mol. The van der Waals surface area contributed by atoms with E-state index in [0.717, 1.165) is 25.2 Å². The van der Waals surface area contributed by atoms with Gasteiger partial charge < -0.3 is 9.80 Å².